The van der Waals surface area contributed by atoms with Crippen LogP contribution in [0.5, 0.6) is 0 Å². The molecular formula is C17H20N3NaO3S. The minimum atomic E-state index is -4.43. The van der Waals surface area contributed by atoms with E-state index >= 15 is 0 Å². The Kier molecular flexibility index (Phi) is 9.31. The van der Waals surface area contributed by atoms with Crippen LogP contribution in [-0.2, 0) is 10.1 Å². The smallest absolute Gasteiger partial charge is 0.744 e. The summed E-state index contributed by atoms with van der Waals surface area (Å²) in [4.78, 5) is -0.278. The molecule has 1 N–H and O–H groups in total. The van der Waals surface area contributed by atoms with Gasteiger partial charge in [-0.3, -0.25) is 0 Å². The predicted octanol–water partition coefficient (Wildman–Crippen LogP) is 1.61. The van der Waals surface area contributed by atoms with Crippen molar-refractivity contribution in [3.05, 3.63) is 48.5 Å². The largest absolute Gasteiger partial charge is 1.00 e. The fourth-order valence-electron chi connectivity index (χ4n) is 2.05. The number of benzene rings is 2. The van der Waals surface area contributed by atoms with Crippen molar-refractivity contribution in [3.63, 3.8) is 0 Å². The molecule has 0 bridgehead atoms. The van der Waals surface area contributed by atoms with Crippen LogP contribution in [0.1, 0.15) is 26.2 Å². The van der Waals surface area contributed by atoms with Crippen molar-refractivity contribution in [2.75, 3.05) is 11.9 Å². The molecule has 2 aromatic rings. The van der Waals surface area contributed by atoms with Crippen LogP contribution >= 0.6 is 0 Å². The molecule has 0 amide bonds. The average molecular weight is 369 g/mol. The molecule has 0 atom stereocenters. The minimum Gasteiger partial charge on any atom is -0.744 e. The summed E-state index contributed by atoms with van der Waals surface area (Å²) in [5.74, 6) is 0. The Morgan fingerprint density at radius 3 is 1.92 bits per heavy atom. The van der Waals surface area contributed by atoms with Crippen LogP contribution in [-0.4, -0.2) is 19.5 Å². The molecule has 0 radical (unpaired) electrons. The summed E-state index contributed by atoms with van der Waals surface area (Å²) >= 11 is 0. The number of rotatable bonds is 8. The van der Waals surface area contributed by atoms with Gasteiger partial charge in [-0.25, -0.2) is 8.42 Å². The van der Waals surface area contributed by atoms with Gasteiger partial charge in [0.05, 0.1) is 16.3 Å². The molecule has 2 aromatic carbocycles. The molecule has 0 aliphatic rings. The summed E-state index contributed by atoms with van der Waals surface area (Å²) in [5, 5.41) is 11.5. The zero-order valence-electron chi connectivity index (χ0n) is 14.5. The van der Waals surface area contributed by atoms with Crippen molar-refractivity contribution < 1.29 is 42.5 Å². The van der Waals surface area contributed by atoms with Gasteiger partial charge in [-0.2, -0.15) is 10.2 Å². The van der Waals surface area contributed by atoms with Gasteiger partial charge in [-0.1, -0.05) is 19.8 Å². The molecule has 0 unspecified atom stereocenters. The summed E-state index contributed by atoms with van der Waals surface area (Å²) < 4.78 is 32.6. The first-order chi connectivity index (χ1) is 11.5. The maximum absolute atomic E-state index is 10.9. The van der Waals surface area contributed by atoms with Gasteiger partial charge in [0, 0.05) is 12.2 Å². The number of nitrogens with zero attached hydrogens (tertiary/aromatic N) is 2. The zero-order valence-corrected chi connectivity index (χ0v) is 17.3. The monoisotopic (exact) mass is 369 g/mol. The van der Waals surface area contributed by atoms with E-state index in [1.54, 1.807) is 0 Å². The van der Waals surface area contributed by atoms with Gasteiger partial charge >= 0.3 is 29.6 Å². The summed E-state index contributed by atoms with van der Waals surface area (Å²) in [6, 6.07) is 12.9. The van der Waals surface area contributed by atoms with E-state index in [0.29, 0.717) is 11.4 Å². The van der Waals surface area contributed by atoms with E-state index in [9.17, 15) is 13.0 Å². The third-order valence-electron chi connectivity index (χ3n) is 3.38. The molecule has 0 spiro atoms. The van der Waals surface area contributed by atoms with Crippen LogP contribution < -0.4 is 34.9 Å². The standard InChI is InChI=1S/C17H21N3O3S.Na/c1-2-3-4-13-18-14-5-7-15(8-6-14)19-20-16-9-11-17(12-10-16)24(21,22)23;/h5-12,18H,2-4,13H2,1H3,(H,21,22,23);/q;+1/p-1. The normalized spacial score (nSPS) is 11.3. The van der Waals surface area contributed by atoms with Gasteiger partial charge in [0.1, 0.15) is 10.1 Å². The second kappa shape index (κ2) is 10.7. The zero-order chi connectivity index (χ0) is 17.4. The average Bonchev–Trinajstić information content (AvgIpc) is 2.57. The quantitative estimate of drug-likeness (QED) is 0.331. The second-order valence-electron chi connectivity index (χ2n) is 5.33. The molecule has 8 heteroatoms. The molecule has 2 rings (SSSR count). The Morgan fingerprint density at radius 1 is 0.920 bits per heavy atom. The predicted molar refractivity (Wildman–Crippen MR) is 93.0 cm³/mol. The van der Waals surface area contributed by atoms with Gasteiger partial charge in [-0.05, 0) is 55.0 Å². The molecule has 6 nitrogen and oxygen atoms in total. The van der Waals surface area contributed by atoms with Gasteiger partial charge in [0.2, 0.25) is 0 Å². The van der Waals surface area contributed by atoms with Crippen molar-refractivity contribution in [1.82, 2.24) is 0 Å². The summed E-state index contributed by atoms with van der Waals surface area (Å²) in [5.41, 5.74) is 2.20. The first kappa shape index (κ1) is 21.8. The molecule has 0 aliphatic carbocycles. The Labute approximate surface area is 170 Å². The van der Waals surface area contributed by atoms with Crippen LogP contribution in [0.15, 0.2) is 63.7 Å². The van der Waals surface area contributed by atoms with E-state index in [-0.39, 0.29) is 34.5 Å². The van der Waals surface area contributed by atoms with Gasteiger partial charge in [0.15, 0.2) is 0 Å². The fourth-order valence-corrected chi connectivity index (χ4v) is 2.52. The maximum Gasteiger partial charge on any atom is 1.00 e. The van der Waals surface area contributed by atoms with Crippen LogP contribution in [0.25, 0.3) is 0 Å². The van der Waals surface area contributed by atoms with E-state index in [1.807, 2.05) is 24.3 Å². The van der Waals surface area contributed by atoms with Crippen molar-refractivity contribution in [1.29, 1.82) is 0 Å². The Morgan fingerprint density at radius 2 is 1.44 bits per heavy atom. The van der Waals surface area contributed by atoms with Crippen LogP contribution in [0.3, 0.4) is 0 Å². The van der Waals surface area contributed by atoms with Crippen molar-refractivity contribution in [2.45, 2.75) is 31.1 Å². The maximum atomic E-state index is 10.9. The molecule has 0 fully saturated rings. The SMILES string of the molecule is CCCCCNc1ccc(N=Nc2ccc(S(=O)(=O)[O-])cc2)cc1.[Na+]. The van der Waals surface area contributed by atoms with Crippen molar-refractivity contribution in [2.24, 2.45) is 10.2 Å². The van der Waals surface area contributed by atoms with E-state index in [2.05, 4.69) is 22.5 Å². The van der Waals surface area contributed by atoms with E-state index in [0.717, 1.165) is 18.7 Å². The molecule has 0 saturated carbocycles. The number of hydrogen-bond donors (Lipinski definition) is 1. The van der Waals surface area contributed by atoms with Gasteiger partial charge in [-0.15, -0.1) is 0 Å². The third kappa shape index (κ3) is 7.66. The molecule has 0 saturated heterocycles. The molecule has 0 heterocycles. The first-order valence-electron chi connectivity index (χ1n) is 7.80. The molecule has 0 aliphatic heterocycles. The van der Waals surface area contributed by atoms with E-state index < -0.39 is 10.1 Å². The molecule has 128 valence electrons. The minimum absolute atomic E-state index is 0. The van der Waals surface area contributed by atoms with E-state index in [4.69, 9.17) is 0 Å². The van der Waals surface area contributed by atoms with Crippen LogP contribution in [0.2, 0.25) is 0 Å². The Balaban J connectivity index is 0.00000312. The summed E-state index contributed by atoms with van der Waals surface area (Å²) in [7, 11) is -4.43. The van der Waals surface area contributed by atoms with Gasteiger partial charge in [0.25, 0.3) is 0 Å². The number of anilines is 1. The molecular weight excluding hydrogens is 349 g/mol. The topological polar surface area (TPSA) is 94.0 Å². The number of hydrogen-bond acceptors (Lipinski definition) is 6. The van der Waals surface area contributed by atoms with Crippen LogP contribution in [0.4, 0.5) is 17.1 Å². The number of unbranched alkanes of at least 4 members (excludes halogenated alkanes) is 2. The fraction of sp³-hybridized carbons (Fsp3) is 0.294. The second-order valence-corrected chi connectivity index (χ2v) is 6.71. The Hall–Kier alpha value is -1.25. The van der Waals surface area contributed by atoms with E-state index in [1.165, 1.54) is 37.1 Å². The molecule has 25 heavy (non-hydrogen) atoms. The summed E-state index contributed by atoms with van der Waals surface area (Å²) in [6.45, 7) is 3.12. The van der Waals surface area contributed by atoms with Crippen molar-refractivity contribution >= 4 is 27.2 Å². The number of azo groups is 1. The number of nitrogens with one attached hydrogen (secondary N) is 1. The van der Waals surface area contributed by atoms with Gasteiger partial charge < -0.3 is 9.87 Å². The third-order valence-corrected chi connectivity index (χ3v) is 4.23. The first-order valence-corrected chi connectivity index (χ1v) is 9.21. The Bertz CT molecular complexity index is 776. The summed E-state index contributed by atoms with van der Waals surface area (Å²) in [6.07, 6.45) is 3.56. The molecule has 0 aromatic heterocycles. The van der Waals surface area contributed by atoms with Crippen LogP contribution in [0, 0.1) is 0 Å². The van der Waals surface area contributed by atoms with Crippen molar-refractivity contribution in [3.8, 4) is 0 Å².